The highest BCUT2D eigenvalue weighted by Crippen LogP contribution is 1.91. The van der Waals surface area contributed by atoms with Crippen molar-refractivity contribution in [2.45, 2.75) is 6.92 Å². The van der Waals surface area contributed by atoms with Gasteiger partial charge in [0.05, 0.1) is 0 Å². The van der Waals surface area contributed by atoms with Gasteiger partial charge < -0.3 is 10.5 Å². The van der Waals surface area contributed by atoms with Gasteiger partial charge in [0.2, 0.25) is 0 Å². The van der Waals surface area contributed by atoms with Crippen molar-refractivity contribution in [3.8, 4) is 0 Å². The van der Waals surface area contributed by atoms with E-state index in [4.69, 9.17) is 5.21 Å². The number of amides is 1. The lowest BCUT2D eigenvalue weighted by Gasteiger charge is -1.99. The number of carbonyl (C=O) groups is 1. The van der Waals surface area contributed by atoms with Crippen LogP contribution in [0.15, 0.2) is 41.7 Å². The van der Waals surface area contributed by atoms with Gasteiger partial charge in [0, 0.05) is 5.70 Å². The molecule has 0 aliphatic rings. The number of hydrogen-bond donors (Lipinski definition) is 2. The third-order valence-corrected chi connectivity index (χ3v) is 1.17. The van der Waals surface area contributed by atoms with Gasteiger partial charge in [-0.05, 0) is 13.0 Å². The van der Waals surface area contributed by atoms with Crippen LogP contribution in [0.4, 0.5) is 0 Å². The summed E-state index contributed by atoms with van der Waals surface area (Å²) in [5, 5.41) is 13.1. The minimum atomic E-state index is -0.482. The molecule has 0 radical (unpaired) electrons. The zero-order valence-electron chi connectivity index (χ0n) is 7.40. The summed E-state index contributed by atoms with van der Waals surface area (Å²) in [5.41, 5.74) is 0.616. The molecule has 13 heavy (non-hydrogen) atoms. The average Bonchev–Trinajstić information content (AvgIpc) is 2.12. The number of rotatable bonds is 4. The molecule has 0 rings (SSSR count). The molecule has 0 aromatic rings. The Balaban J connectivity index is 4.22. The predicted octanol–water partition coefficient (Wildman–Crippen LogP) is 1.21. The summed E-state index contributed by atoms with van der Waals surface area (Å²) in [6, 6.07) is 0. The summed E-state index contributed by atoms with van der Waals surface area (Å²) < 4.78 is 0. The maximum atomic E-state index is 10.9. The molecule has 0 aromatic carbocycles. The highest BCUT2D eigenvalue weighted by molar-refractivity contribution is 6.26. The van der Waals surface area contributed by atoms with Crippen molar-refractivity contribution in [3.05, 3.63) is 36.6 Å². The van der Waals surface area contributed by atoms with Crippen molar-refractivity contribution in [1.82, 2.24) is 5.32 Å². The maximum absolute atomic E-state index is 10.9. The maximum Gasteiger partial charge on any atom is 0.270 e. The Bertz CT molecular complexity index is 265. The van der Waals surface area contributed by atoms with E-state index in [1.807, 2.05) is 0 Å². The van der Waals surface area contributed by atoms with Crippen LogP contribution >= 0.6 is 0 Å². The lowest BCUT2D eigenvalue weighted by atomic mass is 10.3. The first-order valence-electron chi connectivity index (χ1n) is 3.68. The van der Waals surface area contributed by atoms with Crippen LogP contribution in [0.1, 0.15) is 6.92 Å². The first-order chi connectivity index (χ1) is 6.24. The van der Waals surface area contributed by atoms with Gasteiger partial charge in [-0.3, -0.25) is 4.79 Å². The summed E-state index contributed by atoms with van der Waals surface area (Å²) in [4.78, 5) is 10.9. The molecule has 0 fully saturated rings. The number of carbonyl (C=O) groups excluding carboxylic acids is 1. The first-order valence-corrected chi connectivity index (χ1v) is 3.68. The van der Waals surface area contributed by atoms with E-state index in [-0.39, 0.29) is 0 Å². The van der Waals surface area contributed by atoms with E-state index in [0.717, 1.165) is 6.21 Å². The van der Waals surface area contributed by atoms with Gasteiger partial charge in [0.15, 0.2) is 0 Å². The summed E-state index contributed by atoms with van der Waals surface area (Å²) in [6.45, 7) is 5.27. The minimum Gasteiger partial charge on any atom is -0.411 e. The SMILES string of the molecule is C=C/C=C\C(=C/C)NC(=O)/C=N/O. The molecular weight excluding hydrogens is 168 g/mol. The Morgan fingerprint density at radius 2 is 2.31 bits per heavy atom. The molecule has 70 valence electrons. The second-order valence-corrected chi connectivity index (χ2v) is 2.07. The van der Waals surface area contributed by atoms with Gasteiger partial charge in [-0.1, -0.05) is 30.0 Å². The highest BCUT2D eigenvalue weighted by atomic mass is 16.4. The van der Waals surface area contributed by atoms with Crippen LogP contribution in [0, 0.1) is 0 Å². The molecule has 0 saturated heterocycles. The monoisotopic (exact) mass is 180 g/mol. The molecule has 0 unspecified atom stereocenters. The second-order valence-electron chi connectivity index (χ2n) is 2.07. The molecule has 0 aliphatic carbocycles. The van der Waals surface area contributed by atoms with Crippen LogP contribution < -0.4 is 5.32 Å². The Hall–Kier alpha value is -1.84. The second kappa shape index (κ2) is 6.84. The van der Waals surface area contributed by atoms with E-state index < -0.39 is 5.91 Å². The molecule has 0 aliphatic heterocycles. The van der Waals surface area contributed by atoms with E-state index in [2.05, 4.69) is 17.1 Å². The summed E-state index contributed by atoms with van der Waals surface area (Å²) in [7, 11) is 0. The van der Waals surface area contributed by atoms with E-state index in [9.17, 15) is 4.79 Å². The van der Waals surface area contributed by atoms with E-state index in [1.165, 1.54) is 0 Å². The Kier molecular flexibility index (Phi) is 5.88. The van der Waals surface area contributed by atoms with Crippen LogP contribution in [-0.2, 0) is 4.79 Å². The Morgan fingerprint density at radius 3 is 2.77 bits per heavy atom. The lowest BCUT2D eigenvalue weighted by Crippen LogP contribution is -2.22. The molecule has 4 heteroatoms. The highest BCUT2D eigenvalue weighted by Gasteiger charge is 1.96. The van der Waals surface area contributed by atoms with Gasteiger partial charge in [-0.15, -0.1) is 0 Å². The fraction of sp³-hybridized carbons (Fsp3) is 0.111. The van der Waals surface area contributed by atoms with Crippen LogP contribution in [0.25, 0.3) is 0 Å². The van der Waals surface area contributed by atoms with Crippen molar-refractivity contribution < 1.29 is 10.0 Å². The summed E-state index contributed by atoms with van der Waals surface area (Å²) in [5.74, 6) is -0.482. The fourth-order valence-corrected chi connectivity index (χ4v) is 0.609. The van der Waals surface area contributed by atoms with Gasteiger partial charge in [0.1, 0.15) is 6.21 Å². The normalized spacial score (nSPS) is 12.2. The predicted molar refractivity (Wildman–Crippen MR) is 51.5 cm³/mol. The van der Waals surface area contributed by atoms with Gasteiger partial charge in [-0.25, -0.2) is 0 Å². The van der Waals surface area contributed by atoms with Crippen molar-refractivity contribution in [2.24, 2.45) is 5.16 Å². The summed E-state index contributed by atoms with van der Waals surface area (Å²) in [6.07, 6.45) is 7.45. The van der Waals surface area contributed by atoms with Crippen LogP contribution in [-0.4, -0.2) is 17.3 Å². The molecule has 0 heterocycles. The van der Waals surface area contributed by atoms with Crippen molar-refractivity contribution >= 4 is 12.1 Å². The molecule has 0 atom stereocenters. The topological polar surface area (TPSA) is 61.7 Å². The van der Waals surface area contributed by atoms with E-state index >= 15 is 0 Å². The van der Waals surface area contributed by atoms with Crippen molar-refractivity contribution in [2.75, 3.05) is 0 Å². The third-order valence-electron chi connectivity index (χ3n) is 1.17. The fourth-order valence-electron chi connectivity index (χ4n) is 0.609. The van der Waals surface area contributed by atoms with Gasteiger partial charge >= 0.3 is 0 Å². The molecule has 1 amide bonds. The minimum absolute atomic E-state index is 0.482. The van der Waals surface area contributed by atoms with Gasteiger partial charge in [0.25, 0.3) is 5.91 Å². The molecular formula is C9H12N2O2. The lowest BCUT2D eigenvalue weighted by molar-refractivity contribution is -0.113. The Morgan fingerprint density at radius 1 is 1.62 bits per heavy atom. The number of nitrogens with one attached hydrogen (secondary N) is 1. The standard InChI is InChI=1S/C9H12N2O2/c1-3-5-6-8(4-2)11-9(12)7-10-13/h3-7,13H,1H2,2H3,(H,11,12)/b6-5-,8-4+,10-7+. The molecule has 0 aromatic heterocycles. The number of nitrogens with zero attached hydrogens (tertiary/aromatic N) is 1. The first kappa shape index (κ1) is 11.2. The molecule has 0 spiro atoms. The average molecular weight is 180 g/mol. The molecule has 0 saturated carbocycles. The van der Waals surface area contributed by atoms with Crippen molar-refractivity contribution in [3.63, 3.8) is 0 Å². The number of hydrogen-bond acceptors (Lipinski definition) is 3. The zero-order valence-corrected chi connectivity index (χ0v) is 7.40. The largest absolute Gasteiger partial charge is 0.411 e. The van der Waals surface area contributed by atoms with Crippen molar-refractivity contribution in [1.29, 1.82) is 0 Å². The van der Waals surface area contributed by atoms with Crippen LogP contribution in [0.2, 0.25) is 0 Å². The Labute approximate surface area is 76.9 Å². The number of oxime groups is 1. The van der Waals surface area contributed by atoms with Crippen LogP contribution in [0.3, 0.4) is 0 Å². The smallest absolute Gasteiger partial charge is 0.270 e. The van der Waals surface area contributed by atoms with Crippen LogP contribution in [0.5, 0.6) is 0 Å². The van der Waals surface area contributed by atoms with Gasteiger partial charge in [-0.2, -0.15) is 0 Å². The molecule has 4 nitrogen and oxygen atoms in total. The number of allylic oxidation sites excluding steroid dienone is 4. The quantitative estimate of drug-likeness (QED) is 0.295. The summed E-state index contributed by atoms with van der Waals surface area (Å²) >= 11 is 0. The molecule has 2 N–H and O–H groups in total. The van der Waals surface area contributed by atoms with E-state index in [0.29, 0.717) is 5.70 Å². The zero-order chi connectivity index (χ0) is 10.1. The molecule has 0 bridgehead atoms. The van der Waals surface area contributed by atoms with E-state index in [1.54, 1.807) is 31.2 Å². The third kappa shape index (κ3) is 5.43.